The fraction of sp³-hybridized carbons (Fsp3) is 0.500. The van der Waals surface area contributed by atoms with Crippen molar-refractivity contribution < 1.29 is 4.74 Å². The molecule has 0 radical (unpaired) electrons. The van der Waals surface area contributed by atoms with E-state index in [9.17, 15) is 4.79 Å². The molecule has 2 aromatic rings. The van der Waals surface area contributed by atoms with Crippen molar-refractivity contribution in [3.63, 3.8) is 0 Å². The number of fused-ring (bicyclic) bond motifs is 1. The van der Waals surface area contributed by atoms with Gasteiger partial charge in [0.25, 0.3) is 5.56 Å². The van der Waals surface area contributed by atoms with Gasteiger partial charge in [0.1, 0.15) is 11.5 Å². The van der Waals surface area contributed by atoms with Crippen LogP contribution in [0.3, 0.4) is 0 Å². The summed E-state index contributed by atoms with van der Waals surface area (Å²) >= 11 is 0. The van der Waals surface area contributed by atoms with Gasteiger partial charge < -0.3 is 9.64 Å². The fourth-order valence-corrected chi connectivity index (χ4v) is 2.98. The first-order valence-electron chi connectivity index (χ1n) is 7.31. The van der Waals surface area contributed by atoms with Gasteiger partial charge in [-0.05, 0) is 38.3 Å². The number of rotatable bonds is 2. The molecule has 0 bridgehead atoms. The molecule has 112 valence electrons. The molecule has 1 atom stereocenters. The van der Waals surface area contributed by atoms with Crippen LogP contribution in [0.4, 0.5) is 5.82 Å². The van der Waals surface area contributed by atoms with Crippen molar-refractivity contribution in [2.45, 2.75) is 32.3 Å². The smallest absolute Gasteiger partial charge is 0.259 e. The van der Waals surface area contributed by atoms with E-state index in [1.165, 1.54) is 0 Å². The van der Waals surface area contributed by atoms with E-state index >= 15 is 0 Å². The van der Waals surface area contributed by atoms with Crippen LogP contribution < -0.4 is 10.5 Å². The summed E-state index contributed by atoms with van der Waals surface area (Å²) in [5.41, 5.74) is 1.52. The predicted molar refractivity (Wildman–Crippen MR) is 83.1 cm³/mol. The van der Waals surface area contributed by atoms with Gasteiger partial charge in [-0.15, -0.1) is 0 Å². The minimum Gasteiger partial charge on any atom is -0.377 e. The summed E-state index contributed by atoms with van der Waals surface area (Å²) in [5, 5.41) is 0. The summed E-state index contributed by atoms with van der Waals surface area (Å²) in [5.74, 6) is 0.747. The van der Waals surface area contributed by atoms with Crippen LogP contribution in [0.5, 0.6) is 0 Å². The van der Waals surface area contributed by atoms with E-state index in [0.29, 0.717) is 0 Å². The molecule has 0 aliphatic carbocycles. The number of methoxy groups -OCH3 is 1. The van der Waals surface area contributed by atoms with Gasteiger partial charge in [-0.3, -0.25) is 9.20 Å². The first kappa shape index (κ1) is 14.1. The minimum atomic E-state index is -0.170. The summed E-state index contributed by atoms with van der Waals surface area (Å²) in [6, 6.07) is 5.46. The third-order valence-corrected chi connectivity index (χ3v) is 4.35. The lowest BCUT2D eigenvalue weighted by Crippen LogP contribution is -2.48. The molecule has 1 aliphatic heterocycles. The van der Waals surface area contributed by atoms with Crippen LogP contribution in [0.15, 0.2) is 29.2 Å². The maximum atomic E-state index is 12.3. The van der Waals surface area contributed by atoms with Crippen LogP contribution in [0.1, 0.15) is 25.3 Å². The average Bonchev–Trinajstić information content (AvgIpc) is 2.48. The maximum Gasteiger partial charge on any atom is 0.259 e. The zero-order valence-corrected chi connectivity index (χ0v) is 12.8. The number of ether oxygens (including phenoxy) is 1. The van der Waals surface area contributed by atoms with Crippen LogP contribution in [0.2, 0.25) is 0 Å². The maximum absolute atomic E-state index is 12.3. The zero-order valence-electron chi connectivity index (χ0n) is 12.8. The Kier molecular flexibility index (Phi) is 3.45. The van der Waals surface area contributed by atoms with Crippen LogP contribution in [-0.4, -0.2) is 35.2 Å². The molecular formula is C16H21N3O2. The second-order valence-electron chi connectivity index (χ2n) is 6.02. The van der Waals surface area contributed by atoms with Gasteiger partial charge >= 0.3 is 0 Å². The van der Waals surface area contributed by atoms with E-state index in [2.05, 4.69) is 11.8 Å². The Bertz CT molecular complexity index is 725. The fourth-order valence-electron chi connectivity index (χ4n) is 2.98. The van der Waals surface area contributed by atoms with Gasteiger partial charge in [-0.2, -0.15) is 0 Å². The van der Waals surface area contributed by atoms with Gasteiger partial charge in [0.15, 0.2) is 0 Å². The second kappa shape index (κ2) is 5.15. The summed E-state index contributed by atoms with van der Waals surface area (Å²) in [6.45, 7) is 5.75. The lowest BCUT2D eigenvalue weighted by Gasteiger charge is -2.40. The van der Waals surface area contributed by atoms with E-state index in [1.54, 1.807) is 23.8 Å². The van der Waals surface area contributed by atoms with E-state index in [-0.39, 0.29) is 11.2 Å². The summed E-state index contributed by atoms with van der Waals surface area (Å²) in [4.78, 5) is 19.1. The number of nitrogens with zero attached hydrogens (tertiary/aromatic N) is 3. The Morgan fingerprint density at radius 3 is 3.00 bits per heavy atom. The van der Waals surface area contributed by atoms with Crippen LogP contribution in [0, 0.1) is 6.92 Å². The van der Waals surface area contributed by atoms with Gasteiger partial charge in [0, 0.05) is 32.5 Å². The van der Waals surface area contributed by atoms with Crippen molar-refractivity contribution in [3.8, 4) is 0 Å². The standard InChI is InChI=1S/C16H21N3O2/c1-12-6-4-9-19-14(20)10-13(17-15(12)19)18-8-5-7-16(2,11-18)21-3/h4,6,9-10H,5,7-8,11H2,1-3H3. The highest BCUT2D eigenvalue weighted by Crippen LogP contribution is 2.26. The van der Waals surface area contributed by atoms with Crippen molar-refractivity contribution in [1.29, 1.82) is 0 Å². The Hall–Kier alpha value is -1.88. The van der Waals surface area contributed by atoms with Gasteiger partial charge in [-0.25, -0.2) is 4.98 Å². The molecule has 1 fully saturated rings. The van der Waals surface area contributed by atoms with Crippen LogP contribution >= 0.6 is 0 Å². The van der Waals surface area contributed by atoms with Crippen molar-refractivity contribution in [2.24, 2.45) is 0 Å². The molecule has 21 heavy (non-hydrogen) atoms. The van der Waals surface area contributed by atoms with Gasteiger partial charge in [0.05, 0.1) is 5.60 Å². The highest BCUT2D eigenvalue weighted by molar-refractivity contribution is 5.53. The first-order chi connectivity index (χ1) is 10.0. The molecule has 5 heteroatoms. The normalized spacial score (nSPS) is 22.7. The molecule has 0 saturated carbocycles. The lowest BCUT2D eigenvalue weighted by molar-refractivity contribution is -0.00481. The molecule has 1 aliphatic rings. The molecule has 3 heterocycles. The minimum absolute atomic E-state index is 0.0385. The lowest BCUT2D eigenvalue weighted by atomic mass is 9.95. The molecule has 0 amide bonds. The van der Waals surface area contributed by atoms with Gasteiger partial charge in [-0.1, -0.05) is 6.07 Å². The molecule has 1 unspecified atom stereocenters. The van der Waals surface area contributed by atoms with E-state index < -0.39 is 0 Å². The first-order valence-corrected chi connectivity index (χ1v) is 7.31. The summed E-state index contributed by atoms with van der Waals surface area (Å²) in [7, 11) is 1.75. The van der Waals surface area contributed by atoms with Crippen LogP contribution in [0.25, 0.3) is 5.65 Å². The van der Waals surface area contributed by atoms with Crippen LogP contribution in [-0.2, 0) is 4.74 Å². The van der Waals surface area contributed by atoms with Crippen molar-refractivity contribution in [3.05, 3.63) is 40.3 Å². The average molecular weight is 287 g/mol. The van der Waals surface area contributed by atoms with Crippen molar-refractivity contribution in [1.82, 2.24) is 9.38 Å². The highest BCUT2D eigenvalue weighted by atomic mass is 16.5. The molecular weight excluding hydrogens is 266 g/mol. The van der Waals surface area contributed by atoms with E-state index in [4.69, 9.17) is 9.72 Å². The molecule has 3 rings (SSSR count). The second-order valence-corrected chi connectivity index (χ2v) is 6.02. The Balaban J connectivity index is 2.05. The number of aromatic nitrogens is 2. The number of hydrogen-bond donors (Lipinski definition) is 0. The summed E-state index contributed by atoms with van der Waals surface area (Å²) < 4.78 is 7.21. The Morgan fingerprint density at radius 2 is 2.24 bits per heavy atom. The molecule has 0 N–H and O–H groups in total. The quantitative estimate of drug-likeness (QED) is 0.847. The Morgan fingerprint density at radius 1 is 1.43 bits per heavy atom. The number of anilines is 1. The number of hydrogen-bond acceptors (Lipinski definition) is 4. The summed E-state index contributed by atoms with van der Waals surface area (Å²) in [6.07, 6.45) is 3.83. The predicted octanol–water partition coefficient (Wildman–Crippen LogP) is 2.01. The molecule has 2 aromatic heterocycles. The number of aryl methyl sites for hydroxylation is 1. The monoisotopic (exact) mass is 287 g/mol. The third-order valence-electron chi connectivity index (χ3n) is 4.35. The SMILES string of the molecule is COC1(C)CCCN(c2cc(=O)n3cccc(C)c3n2)C1. The molecule has 0 aromatic carbocycles. The Labute approximate surface area is 124 Å². The highest BCUT2D eigenvalue weighted by Gasteiger charge is 2.31. The third kappa shape index (κ3) is 2.53. The molecule has 1 saturated heterocycles. The number of pyridine rings is 1. The topological polar surface area (TPSA) is 46.8 Å². The van der Waals surface area contributed by atoms with Gasteiger partial charge in [0.2, 0.25) is 0 Å². The molecule has 0 spiro atoms. The van der Waals surface area contributed by atoms with Crippen molar-refractivity contribution >= 4 is 11.5 Å². The largest absolute Gasteiger partial charge is 0.377 e. The van der Waals surface area contributed by atoms with E-state index in [1.807, 2.05) is 19.1 Å². The zero-order chi connectivity index (χ0) is 15.0. The molecule has 5 nitrogen and oxygen atoms in total. The van der Waals surface area contributed by atoms with Crippen molar-refractivity contribution in [2.75, 3.05) is 25.1 Å². The number of piperidine rings is 1. The van der Waals surface area contributed by atoms with E-state index in [0.717, 1.165) is 43.0 Å².